The van der Waals surface area contributed by atoms with Crippen LogP contribution in [0.1, 0.15) is 11.1 Å². The molecule has 0 heterocycles. The maximum Gasteiger partial charge on any atom is 0.141 e. The molecule has 0 amide bonds. The van der Waals surface area contributed by atoms with E-state index in [4.69, 9.17) is 11.6 Å². The first-order chi connectivity index (χ1) is 8.54. The van der Waals surface area contributed by atoms with Crippen LogP contribution in [0.5, 0.6) is 0 Å². The van der Waals surface area contributed by atoms with Gasteiger partial charge < -0.3 is 5.32 Å². The molecule has 1 nitrogen and oxygen atoms in total. The Kier molecular flexibility index (Phi) is 4.25. The number of aryl methyl sites for hydroxylation is 1. The van der Waals surface area contributed by atoms with E-state index in [-0.39, 0.29) is 5.02 Å². The zero-order chi connectivity index (χ0) is 13.1. The molecule has 0 atom stereocenters. The highest BCUT2D eigenvalue weighted by Crippen LogP contribution is 2.21. The van der Waals surface area contributed by atoms with Crippen LogP contribution in [0, 0.1) is 12.7 Å². The van der Waals surface area contributed by atoms with Crippen molar-refractivity contribution >= 4 is 33.2 Å². The Hall–Kier alpha value is -1.06. The van der Waals surface area contributed by atoms with Crippen LogP contribution < -0.4 is 5.32 Å². The van der Waals surface area contributed by atoms with Gasteiger partial charge in [0.2, 0.25) is 0 Å². The van der Waals surface area contributed by atoms with Gasteiger partial charge in [-0.25, -0.2) is 4.39 Å². The molecule has 2 aromatic rings. The van der Waals surface area contributed by atoms with Crippen molar-refractivity contribution in [2.24, 2.45) is 0 Å². The first-order valence-corrected chi connectivity index (χ1v) is 6.67. The van der Waals surface area contributed by atoms with Gasteiger partial charge in [0.25, 0.3) is 0 Å². The molecule has 2 rings (SSSR count). The Morgan fingerprint density at radius 2 is 2.00 bits per heavy atom. The topological polar surface area (TPSA) is 12.0 Å². The van der Waals surface area contributed by atoms with Crippen molar-refractivity contribution in [1.29, 1.82) is 0 Å². The smallest absolute Gasteiger partial charge is 0.141 e. The number of hydrogen-bond donors (Lipinski definition) is 1. The molecule has 4 heteroatoms. The highest BCUT2D eigenvalue weighted by Gasteiger charge is 2.01. The van der Waals surface area contributed by atoms with Crippen molar-refractivity contribution in [3.8, 4) is 0 Å². The average Bonchev–Trinajstić information content (AvgIpc) is 2.29. The third-order valence-electron chi connectivity index (χ3n) is 2.52. The van der Waals surface area contributed by atoms with Crippen molar-refractivity contribution in [2.75, 3.05) is 5.32 Å². The standard InChI is InChI=1S/C14H12BrClFN/c1-9-4-11(15)7-12(5-9)18-8-10-2-3-14(17)13(16)6-10/h2-7,18H,8H2,1H3. The summed E-state index contributed by atoms with van der Waals surface area (Å²) in [6.45, 7) is 2.64. The maximum absolute atomic E-state index is 13.0. The quantitative estimate of drug-likeness (QED) is 0.820. The molecule has 94 valence electrons. The molecule has 0 spiro atoms. The zero-order valence-electron chi connectivity index (χ0n) is 9.81. The van der Waals surface area contributed by atoms with Crippen LogP contribution in [0.25, 0.3) is 0 Å². The summed E-state index contributed by atoms with van der Waals surface area (Å²) >= 11 is 9.19. The number of rotatable bonds is 3. The molecular formula is C14H12BrClFN. The molecular weight excluding hydrogens is 317 g/mol. The SMILES string of the molecule is Cc1cc(Br)cc(NCc2ccc(F)c(Cl)c2)c1. The fraction of sp³-hybridized carbons (Fsp3) is 0.143. The van der Waals surface area contributed by atoms with Crippen LogP contribution in [0.4, 0.5) is 10.1 Å². The van der Waals surface area contributed by atoms with Crippen LogP contribution in [0.15, 0.2) is 40.9 Å². The van der Waals surface area contributed by atoms with Crippen molar-refractivity contribution in [1.82, 2.24) is 0 Å². The molecule has 0 aliphatic carbocycles. The molecule has 0 aliphatic rings. The zero-order valence-corrected chi connectivity index (χ0v) is 12.1. The molecule has 0 unspecified atom stereocenters. The lowest BCUT2D eigenvalue weighted by molar-refractivity contribution is 0.627. The van der Waals surface area contributed by atoms with Gasteiger partial charge in [-0.15, -0.1) is 0 Å². The van der Waals surface area contributed by atoms with Gasteiger partial charge in [-0.2, -0.15) is 0 Å². The number of hydrogen-bond acceptors (Lipinski definition) is 1. The van der Waals surface area contributed by atoms with Crippen molar-refractivity contribution in [3.05, 3.63) is 62.8 Å². The maximum atomic E-state index is 13.0. The lowest BCUT2D eigenvalue weighted by Gasteiger charge is -2.08. The highest BCUT2D eigenvalue weighted by molar-refractivity contribution is 9.10. The largest absolute Gasteiger partial charge is 0.381 e. The fourth-order valence-corrected chi connectivity index (χ4v) is 2.50. The van der Waals surface area contributed by atoms with Crippen molar-refractivity contribution < 1.29 is 4.39 Å². The predicted octanol–water partition coefficient (Wildman–Crippen LogP) is 5.16. The second-order valence-electron chi connectivity index (χ2n) is 4.12. The number of halogens is 3. The molecule has 2 aromatic carbocycles. The van der Waals surface area contributed by atoms with Crippen LogP contribution in [0.3, 0.4) is 0 Å². The Balaban J connectivity index is 2.08. The third kappa shape index (κ3) is 3.47. The number of anilines is 1. The molecule has 0 aromatic heterocycles. The van der Waals surface area contributed by atoms with E-state index in [1.807, 2.05) is 19.1 Å². The lowest BCUT2D eigenvalue weighted by Crippen LogP contribution is -2.00. The van der Waals surface area contributed by atoms with E-state index >= 15 is 0 Å². The highest BCUT2D eigenvalue weighted by atomic mass is 79.9. The minimum atomic E-state index is -0.390. The molecule has 0 radical (unpaired) electrons. The van der Waals surface area contributed by atoms with Crippen LogP contribution in [-0.2, 0) is 6.54 Å². The summed E-state index contributed by atoms with van der Waals surface area (Å²) in [5, 5.41) is 3.43. The Labute approximate surface area is 119 Å². The molecule has 0 saturated heterocycles. The molecule has 0 bridgehead atoms. The van der Waals surface area contributed by atoms with Gasteiger partial charge in [0.15, 0.2) is 0 Å². The fourth-order valence-electron chi connectivity index (χ4n) is 1.69. The normalized spacial score (nSPS) is 10.4. The second-order valence-corrected chi connectivity index (χ2v) is 5.44. The average molecular weight is 329 g/mol. The van der Waals surface area contributed by atoms with Crippen LogP contribution in [0.2, 0.25) is 5.02 Å². The molecule has 1 N–H and O–H groups in total. The van der Waals surface area contributed by atoms with Gasteiger partial charge in [-0.3, -0.25) is 0 Å². The van der Waals surface area contributed by atoms with Gasteiger partial charge >= 0.3 is 0 Å². The summed E-state index contributed by atoms with van der Waals surface area (Å²) in [4.78, 5) is 0. The minimum Gasteiger partial charge on any atom is -0.381 e. The van der Waals surface area contributed by atoms with Gasteiger partial charge in [0.05, 0.1) is 5.02 Å². The second kappa shape index (κ2) is 5.72. The summed E-state index contributed by atoms with van der Waals surface area (Å²) in [5.74, 6) is -0.390. The first-order valence-electron chi connectivity index (χ1n) is 5.49. The summed E-state index contributed by atoms with van der Waals surface area (Å²) in [6.07, 6.45) is 0. The van der Waals surface area contributed by atoms with Crippen LogP contribution >= 0.6 is 27.5 Å². The van der Waals surface area contributed by atoms with E-state index in [9.17, 15) is 4.39 Å². The van der Waals surface area contributed by atoms with Crippen LogP contribution in [-0.4, -0.2) is 0 Å². The van der Waals surface area contributed by atoms with Gasteiger partial charge in [-0.1, -0.05) is 33.6 Å². The van der Waals surface area contributed by atoms with E-state index < -0.39 is 5.82 Å². The van der Waals surface area contributed by atoms with Crippen molar-refractivity contribution in [2.45, 2.75) is 13.5 Å². The summed E-state index contributed by atoms with van der Waals surface area (Å²) < 4.78 is 14.0. The van der Waals surface area contributed by atoms with E-state index in [1.54, 1.807) is 12.1 Å². The molecule has 0 saturated carbocycles. The van der Waals surface area contributed by atoms with Gasteiger partial charge in [0.1, 0.15) is 5.82 Å². The number of nitrogens with one attached hydrogen (secondary N) is 1. The first kappa shape index (κ1) is 13.4. The van der Waals surface area contributed by atoms with E-state index in [2.05, 4.69) is 27.3 Å². The Morgan fingerprint density at radius 3 is 2.67 bits per heavy atom. The molecule has 18 heavy (non-hydrogen) atoms. The minimum absolute atomic E-state index is 0.153. The van der Waals surface area contributed by atoms with E-state index in [0.29, 0.717) is 6.54 Å². The van der Waals surface area contributed by atoms with Gasteiger partial charge in [0, 0.05) is 16.7 Å². The summed E-state index contributed by atoms with van der Waals surface area (Å²) in [5.41, 5.74) is 3.13. The third-order valence-corrected chi connectivity index (χ3v) is 3.27. The lowest BCUT2D eigenvalue weighted by atomic mass is 10.2. The predicted molar refractivity (Wildman–Crippen MR) is 77.6 cm³/mol. The Morgan fingerprint density at radius 1 is 1.22 bits per heavy atom. The van der Waals surface area contributed by atoms with Crippen molar-refractivity contribution in [3.63, 3.8) is 0 Å². The summed E-state index contributed by atoms with van der Waals surface area (Å²) in [7, 11) is 0. The van der Waals surface area contributed by atoms with Gasteiger partial charge in [-0.05, 0) is 48.4 Å². The Bertz CT molecular complexity index is 551. The number of benzene rings is 2. The van der Waals surface area contributed by atoms with E-state index in [0.717, 1.165) is 15.7 Å². The summed E-state index contributed by atoms with van der Waals surface area (Å²) in [6, 6.07) is 10.8. The monoisotopic (exact) mass is 327 g/mol. The van der Waals surface area contributed by atoms with E-state index in [1.165, 1.54) is 11.6 Å². The molecule has 0 fully saturated rings. The molecule has 0 aliphatic heterocycles.